The first-order chi connectivity index (χ1) is 11.3. The van der Waals surface area contributed by atoms with Gasteiger partial charge in [0, 0.05) is 24.9 Å². The number of aromatic nitrogens is 4. The van der Waals surface area contributed by atoms with Crippen LogP contribution in [0.1, 0.15) is 49.1 Å². The maximum absolute atomic E-state index is 12.6. The second kappa shape index (κ2) is 6.08. The van der Waals surface area contributed by atoms with Crippen molar-refractivity contribution in [3.63, 3.8) is 0 Å². The van der Waals surface area contributed by atoms with Crippen molar-refractivity contribution in [1.29, 1.82) is 0 Å². The maximum Gasteiger partial charge on any atom is 0.248 e. The number of hydrogen-bond acceptors (Lipinski definition) is 5. The van der Waals surface area contributed by atoms with Crippen molar-refractivity contribution in [1.82, 2.24) is 20.2 Å². The molecule has 120 valence electrons. The van der Waals surface area contributed by atoms with Crippen LogP contribution in [0, 0.1) is 5.92 Å². The minimum absolute atomic E-state index is 0.101. The summed E-state index contributed by atoms with van der Waals surface area (Å²) in [6, 6.07) is 3.79. The van der Waals surface area contributed by atoms with Crippen LogP contribution in [0.5, 0.6) is 0 Å². The normalized spacial score (nSPS) is 24.3. The number of carbonyl (C=O) groups is 1. The van der Waals surface area contributed by atoms with Gasteiger partial charge in [-0.2, -0.15) is 4.98 Å². The Hall–Kier alpha value is -2.28. The summed E-state index contributed by atoms with van der Waals surface area (Å²) in [5.74, 6) is 1.35. The molecular formula is C16H19N5O2. The number of nitrogens with zero attached hydrogens (tertiary/aromatic N) is 3. The molecule has 2 aliphatic rings. The molecule has 2 fully saturated rings. The molecule has 2 aromatic heterocycles. The highest BCUT2D eigenvalue weighted by atomic mass is 16.5. The molecule has 23 heavy (non-hydrogen) atoms. The molecule has 7 heteroatoms. The van der Waals surface area contributed by atoms with Crippen LogP contribution in [-0.4, -0.2) is 32.7 Å². The Labute approximate surface area is 133 Å². The van der Waals surface area contributed by atoms with Gasteiger partial charge in [0.05, 0.1) is 12.0 Å². The number of nitrogens with one attached hydrogen (secondary N) is 2. The van der Waals surface area contributed by atoms with E-state index in [0.717, 1.165) is 24.2 Å². The molecular weight excluding hydrogens is 294 g/mol. The molecule has 1 saturated heterocycles. The number of aromatic amines is 1. The largest absolute Gasteiger partial charge is 0.373 e. The van der Waals surface area contributed by atoms with E-state index in [4.69, 9.17) is 4.74 Å². The predicted octanol–water partition coefficient (Wildman–Crippen LogP) is 2.18. The van der Waals surface area contributed by atoms with Gasteiger partial charge in [0.25, 0.3) is 0 Å². The highest BCUT2D eigenvalue weighted by Crippen LogP contribution is 2.36. The highest BCUT2D eigenvalue weighted by molar-refractivity contribution is 5.91. The first kappa shape index (κ1) is 14.3. The minimum Gasteiger partial charge on any atom is -0.373 e. The van der Waals surface area contributed by atoms with E-state index in [0.29, 0.717) is 24.9 Å². The summed E-state index contributed by atoms with van der Waals surface area (Å²) in [5, 5.41) is 9.85. The topological polar surface area (TPSA) is 92.8 Å². The lowest BCUT2D eigenvalue weighted by Gasteiger charge is -2.22. The predicted molar refractivity (Wildman–Crippen MR) is 82.6 cm³/mol. The van der Waals surface area contributed by atoms with Gasteiger partial charge in [-0.05, 0) is 30.9 Å². The first-order valence-electron chi connectivity index (χ1n) is 8.06. The maximum atomic E-state index is 12.6. The van der Waals surface area contributed by atoms with Gasteiger partial charge in [-0.15, -0.1) is 5.10 Å². The Morgan fingerprint density at radius 2 is 2.26 bits per heavy atom. The van der Waals surface area contributed by atoms with Crippen molar-refractivity contribution in [2.24, 2.45) is 5.92 Å². The molecule has 2 aromatic rings. The zero-order valence-corrected chi connectivity index (χ0v) is 12.7. The molecule has 1 aliphatic heterocycles. The van der Waals surface area contributed by atoms with Crippen LogP contribution in [-0.2, 0) is 9.53 Å². The van der Waals surface area contributed by atoms with Gasteiger partial charge in [-0.25, -0.2) is 0 Å². The van der Waals surface area contributed by atoms with Gasteiger partial charge < -0.3 is 4.74 Å². The number of carbonyl (C=O) groups excluding carboxylic acids is 1. The number of anilines is 1. The van der Waals surface area contributed by atoms with Crippen LogP contribution in [0.3, 0.4) is 0 Å². The van der Waals surface area contributed by atoms with E-state index in [-0.39, 0.29) is 17.9 Å². The number of rotatable bonds is 4. The number of hydrogen-bond donors (Lipinski definition) is 2. The fourth-order valence-corrected chi connectivity index (χ4v) is 3.13. The standard InChI is InChI=1S/C16H19N5O2/c22-15(19-16-18-14(20-21-16)10-3-1-4-10)12-6-8-23-13(12)11-5-2-7-17-9-11/h2,5,7,9-10,12-13H,1,3-4,6,8H2,(H2,18,19,20,21,22)/t12-,13+/m0/s1. The molecule has 7 nitrogen and oxygen atoms in total. The van der Waals surface area contributed by atoms with Crippen LogP contribution in [0.15, 0.2) is 24.5 Å². The lowest BCUT2D eigenvalue weighted by Crippen LogP contribution is -2.26. The van der Waals surface area contributed by atoms with Gasteiger partial charge in [0.1, 0.15) is 5.82 Å². The van der Waals surface area contributed by atoms with Crippen molar-refractivity contribution in [2.75, 3.05) is 11.9 Å². The molecule has 0 bridgehead atoms. The van der Waals surface area contributed by atoms with E-state index < -0.39 is 0 Å². The molecule has 3 heterocycles. The van der Waals surface area contributed by atoms with E-state index in [1.165, 1.54) is 6.42 Å². The summed E-state index contributed by atoms with van der Waals surface area (Å²) in [5.41, 5.74) is 0.926. The SMILES string of the molecule is O=C(Nc1n[nH]c(C2CCC2)n1)[C@H]1CCO[C@@H]1c1cccnc1. The molecule has 1 saturated carbocycles. The van der Waals surface area contributed by atoms with Crippen molar-refractivity contribution in [3.05, 3.63) is 35.9 Å². The van der Waals surface area contributed by atoms with E-state index in [2.05, 4.69) is 25.5 Å². The van der Waals surface area contributed by atoms with E-state index in [1.54, 1.807) is 12.4 Å². The van der Waals surface area contributed by atoms with Gasteiger partial charge in [-0.1, -0.05) is 12.5 Å². The van der Waals surface area contributed by atoms with Crippen molar-refractivity contribution < 1.29 is 9.53 Å². The Kier molecular flexibility index (Phi) is 3.78. The third kappa shape index (κ3) is 2.84. The molecule has 1 aliphatic carbocycles. The average molecular weight is 313 g/mol. The summed E-state index contributed by atoms with van der Waals surface area (Å²) in [7, 11) is 0. The van der Waals surface area contributed by atoms with Crippen LogP contribution >= 0.6 is 0 Å². The molecule has 0 unspecified atom stereocenters. The summed E-state index contributed by atoms with van der Waals surface area (Å²) >= 11 is 0. The Morgan fingerprint density at radius 1 is 1.35 bits per heavy atom. The molecule has 1 amide bonds. The molecule has 2 N–H and O–H groups in total. The van der Waals surface area contributed by atoms with Gasteiger partial charge in [-0.3, -0.25) is 20.2 Å². The van der Waals surface area contributed by atoms with Crippen molar-refractivity contribution in [2.45, 2.75) is 37.7 Å². The summed E-state index contributed by atoms with van der Waals surface area (Å²) < 4.78 is 5.73. The summed E-state index contributed by atoms with van der Waals surface area (Å²) in [6.07, 6.45) is 7.41. The van der Waals surface area contributed by atoms with E-state index in [1.807, 2.05) is 12.1 Å². The Morgan fingerprint density at radius 3 is 3.00 bits per heavy atom. The van der Waals surface area contributed by atoms with E-state index in [9.17, 15) is 4.79 Å². The van der Waals surface area contributed by atoms with Crippen molar-refractivity contribution in [3.8, 4) is 0 Å². The second-order valence-electron chi connectivity index (χ2n) is 6.13. The molecule has 0 spiro atoms. The van der Waals surface area contributed by atoms with Gasteiger partial charge >= 0.3 is 0 Å². The summed E-state index contributed by atoms with van der Waals surface area (Å²) in [6.45, 7) is 0.568. The zero-order chi connectivity index (χ0) is 15.6. The fourth-order valence-electron chi connectivity index (χ4n) is 3.13. The zero-order valence-electron chi connectivity index (χ0n) is 12.7. The fraction of sp³-hybridized carbons (Fsp3) is 0.500. The van der Waals surface area contributed by atoms with Crippen molar-refractivity contribution >= 4 is 11.9 Å². The van der Waals surface area contributed by atoms with Crippen LogP contribution < -0.4 is 5.32 Å². The van der Waals surface area contributed by atoms with Crippen LogP contribution in [0.4, 0.5) is 5.95 Å². The molecule has 0 aromatic carbocycles. The minimum atomic E-state index is -0.256. The second-order valence-corrected chi connectivity index (χ2v) is 6.13. The number of H-pyrrole nitrogens is 1. The summed E-state index contributed by atoms with van der Waals surface area (Å²) in [4.78, 5) is 21.0. The Balaban J connectivity index is 1.44. The molecule has 4 rings (SSSR count). The number of pyridine rings is 1. The van der Waals surface area contributed by atoms with Gasteiger partial charge in [0.2, 0.25) is 11.9 Å². The van der Waals surface area contributed by atoms with Gasteiger partial charge in [0.15, 0.2) is 0 Å². The monoisotopic (exact) mass is 313 g/mol. The first-order valence-corrected chi connectivity index (χ1v) is 8.06. The number of ether oxygens (including phenoxy) is 1. The lowest BCUT2D eigenvalue weighted by atomic mass is 9.85. The van der Waals surface area contributed by atoms with E-state index >= 15 is 0 Å². The van der Waals surface area contributed by atoms with Crippen LogP contribution in [0.25, 0.3) is 0 Å². The average Bonchev–Trinajstić information content (AvgIpc) is 3.16. The Bertz CT molecular complexity index is 683. The molecule has 0 radical (unpaired) electrons. The number of amides is 1. The quantitative estimate of drug-likeness (QED) is 0.902. The third-order valence-electron chi connectivity index (χ3n) is 4.67. The lowest BCUT2D eigenvalue weighted by molar-refractivity contribution is -0.121. The third-order valence-corrected chi connectivity index (χ3v) is 4.67. The molecule has 2 atom stereocenters. The van der Waals surface area contributed by atoms with Crippen LogP contribution in [0.2, 0.25) is 0 Å². The smallest absolute Gasteiger partial charge is 0.248 e. The highest BCUT2D eigenvalue weighted by Gasteiger charge is 2.36.